The number of rotatable bonds is 8. The molecule has 7 heteroatoms. The van der Waals surface area contributed by atoms with Crippen molar-refractivity contribution in [3.63, 3.8) is 0 Å². The van der Waals surface area contributed by atoms with Crippen molar-refractivity contribution in [2.45, 2.75) is 38.5 Å². The average Bonchev–Trinajstić information content (AvgIpc) is 2.25. The summed E-state index contributed by atoms with van der Waals surface area (Å²) in [6, 6.07) is 0.0328. The number of halogens is 1. The van der Waals surface area contributed by atoms with Crippen molar-refractivity contribution in [1.29, 1.82) is 0 Å². The summed E-state index contributed by atoms with van der Waals surface area (Å²) in [7, 11) is -0.177. The Morgan fingerprint density at radius 2 is 1.78 bits per heavy atom. The van der Waals surface area contributed by atoms with E-state index in [1.165, 1.54) is 11.4 Å². The highest BCUT2D eigenvalue weighted by molar-refractivity contribution is 7.89. The Balaban J connectivity index is 0. The van der Waals surface area contributed by atoms with E-state index < -0.39 is 15.3 Å². The molecule has 112 valence electrons. The largest absolute Gasteiger partial charge is 0.383 e. The first-order valence-corrected chi connectivity index (χ1v) is 7.43. The standard InChI is InChI=1S/C11H26N2O3S.ClH/c1-9(2)11(12)6-7-13(4)17(14,15)10(3)8-16-5;/h9-11H,6-8,12H2,1-5H3;1H. The lowest BCUT2D eigenvalue weighted by Gasteiger charge is -2.24. The topological polar surface area (TPSA) is 72.6 Å². The Bertz CT molecular complexity index is 309. The van der Waals surface area contributed by atoms with Crippen LogP contribution in [-0.4, -0.2) is 51.3 Å². The van der Waals surface area contributed by atoms with Crippen LogP contribution in [0.3, 0.4) is 0 Å². The SMILES string of the molecule is COCC(C)S(=O)(=O)N(C)CCC(N)C(C)C.Cl. The third-order valence-corrected chi connectivity index (χ3v) is 5.18. The van der Waals surface area contributed by atoms with E-state index in [0.717, 1.165) is 0 Å². The van der Waals surface area contributed by atoms with E-state index in [2.05, 4.69) is 0 Å². The minimum absolute atomic E-state index is 0. The molecular weight excluding hydrogens is 276 g/mol. The maximum atomic E-state index is 12.0. The average molecular weight is 303 g/mol. The van der Waals surface area contributed by atoms with E-state index in [-0.39, 0.29) is 25.1 Å². The summed E-state index contributed by atoms with van der Waals surface area (Å²) in [5.74, 6) is 0.363. The molecule has 2 N–H and O–H groups in total. The molecule has 0 aliphatic heterocycles. The molecule has 0 saturated heterocycles. The first kappa shape index (κ1) is 20.4. The number of sulfonamides is 1. The van der Waals surface area contributed by atoms with Gasteiger partial charge in [0, 0.05) is 26.7 Å². The minimum Gasteiger partial charge on any atom is -0.383 e. The van der Waals surface area contributed by atoms with E-state index in [0.29, 0.717) is 18.9 Å². The van der Waals surface area contributed by atoms with Gasteiger partial charge in [0.25, 0.3) is 0 Å². The quantitative estimate of drug-likeness (QED) is 0.728. The van der Waals surface area contributed by atoms with Crippen LogP contribution >= 0.6 is 12.4 Å². The van der Waals surface area contributed by atoms with E-state index in [1.807, 2.05) is 13.8 Å². The molecule has 0 radical (unpaired) electrons. The molecule has 0 aromatic heterocycles. The van der Waals surface area contributed by atoms with E-state index in [9.17, 15) is 8.42 Å². The number of ether oxygens (including phenoxy) is 1. The molecule has 0 spiro atoms. The lowest BCUT2D eigenvalue weighted by Crippen LogP contribution is -2.39. The lowest BCUT2D eigenvalue weighted by atomic mass is 10.0. The van der Waals surface area contributed by atoms with Gasteiger partial charge in [0.05, 0.1) is 11.9 Å². The van der Waals surface area contributed by atoms with Crippen LogP contribution in [0.1, 0.15) is 27.2 Å². The molecule has 0 aliphatic carbocycles. The van der Waals surface area contributed by atoms with Crippen molar-refractivity contribution < 1.29 is 13.2 Å². The molecule has 0 aliphatic rings. The number of hydrogen-bond donors (Lipinski definition) is 1. The fraction of sp³-hybridized carbons (Fsp3) is 1.00. The Labute approximate surface area is 118 Å². The zero-order valence-electron chi connectivity index (χ0n) is 11.9. The summed E-state index contributed by atoms with van der Waals surface area (Å²) in [4.78, 5) is 0. The van der Waals surface area contributed by atoms with Crippen molar-refractivity contribution in [2.75, 3.05) is 27.3 Å². The van der Waals surface area contributed by atoms with Gasteiger partial charge in [-0.2, -0.15) is 0 Å². The highest BCUT2D eigenvalue weighted by Crippen LogP contribution is 2.10. The zero-order chi connectivity index (χ0) is 13.6. The van der Waals surface area contributed by atoms with E-state index >= 15 is 0 Å². The summed E-state index contributed by atoms with van der Waals surface area (Å²) >= 11 is 0. The third kappa shape index (κ3) is 6.33. The van der Waals surface area contributed by atoms with Gasteiger partial charge in [0.15, 0.2) is 0 Å². The molecule has 5 nitrogen and oxygen atoms in total. The molecular formula is C11H27ClN2O3S. The Hall–Kier alpha value is 0.120. The number of nitrogens with two attached hydrogens (primary N) is 1. The first-order chi connectivity index (χ1) is 7.73. The molecule has 0 aromatic rings. The summed E-state index contributed by atoms with van der Waals surface area (Å²) in [5, 5.41) is -0.521. The number of nitrogens with zero attached hydrogens (tertiary/aromatic N) is 1. The van der Waals surface area contributed by atoms with Crippen molar-refractivity contribution in [3.05, 3.63) is 0 Å². The predicted octanol–water partition coefficient (Wildman–Crippen LogP) is 1.08. The first-order valence-electron chi connectivity index (χ1n) is 5.93. The molecule has 0 amide bonds. The second-order valence-electron chi connectivity index (χ2n) is 4.83. The Morgan fingerprint density at radius 1 is 1.28 bits per heavy atom. The minimum atomic E-state index is -3.27. The maximum Gasteiger partial charge on any atom is 0.218 e. The lowest BCUT2D eigenvalue weighted by molar-refractivity contribution is 0.198. The van der Waals surface area contributed by atoms with Crippen molar-refractivity contribution in [1.82, 2.24) is 4.31 Å². The van der Waals surface area contributed by atoms with Gasteiger partial charge in [0.2, 0.25) is 10.0 Å². The second kappa shape index (κ2) is 9.09. The molecule has 0 aromatic carbocycles. The van der Waals surface area contributed by atoms with Crippen LogP contribution in [0, 0.1) is 5.92 Å². The van der Waals surface area contributed by atoms with Crippen LogP contribution in [-0.2, 0) is 14.8 Å². The van der Waals surface area contributed by atoms with Gasteiger partial charge in [-0.05, 0) is 19.3 Å². The zero-order valence-corrected chi connectivity index (χ0v) is 13.6. The molecule has 0 rings (SSSR count). The summed E-state index contributed by atoms with van der Waals surface area (Å²) < 4.78 is 30.3. The van der Waals surface area contributed by atoms with Crippen molar-refractivity contribution >= 4 is 22.4 Å². The van der Waals surface area contributed by atoms with E-state index in [1.54, 1.807) is 14.0 Å². The van der Waals surface area contributed by atoms with Crippen LogP contribution < -0.4 is 5.73 Å². The van der Waals surface area contributed by atoms with Gasteiger partial charge in [-0.25, -0.2) is 12.7 Å². The summed E-state index contributed by atoms with van der Waals surface area (Å²) in [5.41, 5.74) is 5.90. The predicted molar refractivity (Wildman–Crippen MR) is 77.6 cm³/mol. The molecule has 18 heavy (non-hydrogen) atoms. The van der Waals surface area contributed by atoms with Gasteiger partial charge in [0.1, 0.15) is 0 Å². The second-order valence-corrected chi connectivity index (χ2v) is 7.29. The third-order valence-electron chi connectivity index (χ3n) is 2.98. The van der Waals surface area contributed by atoms with Gasteiger partial charge in [-0.3, -0.25) is 0 Å². The van der Waals surface area contributed by atoms with Crippen LogP contribution in [0.5, 0.6) is 0 Å². The molecule has 0 heterocycles. The highest BCUT2D eigenvalue weighted by atomic mass is 35.5. The summed E-state index contributed by atoms with van der Waals surface area (Å²) in [6.45, 7) is 6.38. The maximum absolute atomic E-state index is 12.0. The number of methoxy groups -OCH3 is 1. The van der Waals surface area contributed by atoms with Gasteiger partial charge >= 0.3 is 0 Å². The van der Waals surface area contributed by atoms with Crippen LogP contribution in [0.2, 0.25) is 0 Å². The van der Waals surface area contributed by atoms with Crippen molar-refractivity contribution in [3.8, 4) is 0 Å². The van der Waals surface area contributed by atoms with Gasteiger partial charge in [-0.1, -0.05) is 13.8 Å². The van der Waals surface area contributed by atoms with Crippen LogP contribution in [0.15, 0.2) is 0 Å². The Morgan fingerprint density at radius 3 is 2.17 bits per heavy atom. The molecule has 2 unspecified atom stereocenters. The fourth-order valence-corrected chi connectivity index (χ4v) is 2.70. The fourth-order valence-electron chi connectivity index (χ4n) is 1.42. The van der Waals surface area contributed by atoms with Gasteiger partial charge < -0.3 is 10.5 Å². The van der Waals surface area contributed by atoms with Crippen LogP contribution in [0.4, 0.5) is 0 Å². The highest BCUT2D eigenvalue weighted by Gasteiger charge is 2.26. The normalized spacial score (nSPS) is 15.6. The number of hydrogen-bond acceptors (Lipinski definition) is 4. The molecule has 0 fully saturated rings. The molecule has 0 saturated carbocycles. The van der Waals surface area contributed by atoms with E-state index in [4.69, 9.17) is 10.5 Å². The smallest absolute Gasteiger partial charge is 0.218 e. The molecule has 2 atom stereocenters. The monoisotopic (exact) mass is 302 g/mol. The Kier molecular flexibility index (Phi) is 10.3. The van der Waals surface area contributed by atoms with Crippen molar-refractivity contribution in [2.24, 2.45) is 11.7 Å². The summed E-state index contributed by atoms with van der Waals surface area (Å²) in [6.07, 6.45) is 0.674. The van der Waals surface area contributed by atoms with Crippen LogP contribution in [0.25, 0.3) is 0 Å². The van der Waals surface area contributed by atoms with Gasteiger partial charge in [-0.15, -0.1) is 12.4 Å². The molecule has 0 bridgehead atoms.